The Hall–Kier alpha value is -2.78. The summed E-state index contributed by atoms with van der Waals surface area (Å²) in [6, 6.07) is 13.0. The highest BCUT2D eigenvalue weighted by Crippen LogP contribution is 2.31. The molecule has 0 radical (unpaired) electrons. The molecule has 144 valence electrons. The normalized spacial score (nSPS) is 11.7. The molecule has 0 spiro atoms. The Balaban J connectivity index is 1.57. The predicted octanol–water partition coefficient (Wildman–Crippen LogP) is 4.74. The van der Waals surface area contributed by atoms with Crippen molar-refractivity contribution in [2.24, 2.45) is 0 Å². The molecule has 0 saturated heterocycles. The van der Waals surface area contributed by atoms with Crippen molar-refractivity contribution in [1.29, 1.82) is 0 Å². The molecule has 0 fully saturated rings. The van der Waals surface area contributed by atoms with Gasteiger partial charge in [-0.15, -0.1) is 10.2 Å². The number of hydrogen-bond acceptors (Lipinski definition) is 7. The van der Waals surface area contributed by atoms with Gasteiger partial charge in [0.15, 0.2) is 10.1 Å². The van der Waals surface area contributed by atoms with E-state index >= 15 is 0 Å². The fourth-order valence-corrected chi connectivity index (χ4v) is 4.13. The quantitative estimate of drug-likeness (QED) is 0.427. The van der Waals surface area contributed by atoms with Crippen molar-refractivity contribution in [1.82, 2.24) is 10.2 Å². The van der Waals surface area contributed by atoms with Gasteiger partial charge in [0, 0.05) is 11.3 Å². The zero-order chi connectivity index (χ0) is 20.1. The van der Waals surface area contributed by atoms with Crippen LogP contribution in [0.2, 0.25) is 0 Å². The van der Waals surface area contributed by atoms with Crippen molar-refractivity contribution in [3.8, 4) is 0 Å². The van der Waals surface area contributed by atoms with Crippen LogP contribution in [0.25, 0.3) is 0 Å². The number of hydrogen-bond donors (Lipinski definition) is 2. The molecule has 9 heteroatoms. The van der Waals surface area contributed by atoms with Gasteiger partial charge in [-0.1, -0.05) is 35.2 Å². The van der Waals surface area contributed by atoms with E-state index < -0.39 is 5.25 Å². The van der Waals surface area contributed by atoms with E-state index in [1.54, 1.807) is 49.4 Å². The fraction of sp³-hybridized carbons (Fsp3) is 0.158. The van der Waals surface area contributed by atoms with E-state index in [0.717, 1.165) is 0 Å². The van der Waals surface area contributed by atoms with Gasteiger partial charge in [0.1, 0.15) is 5.82 Å². The van der Waals surface area contributed by atoms with E-state index in [4.69, 9.17) is 0 Å². The summed E-state index contributed by atoms with van der Waals surface area (Å²) in [6.45, 7) is 3.25. The van der Waals surface area contributed by atoms with Gasteiger partial charge in [0.05, 0.1) is 10.9 Å². The molecule has 0 unspecified atom stereocenters. The highest BCUT2D eigenvalue weighted by atomic mass is 32.2. The molecule has 0 aliphatic carbocycles. The van der Waals surface area contributed by atoms with Crippen molar-refractivity contribution in [2.45, 2.75) is 23.4 Å². The van der Waals surface area contributed by atoms with Gasteiger partial charge < -0.3 is 10.6 Å². The SMILES string of the molecule is CC(=O)c1ccc(NC(=O)[C@@H](C)Sc2nnc(Nc3ccccc3F)s2)cc1. The van der Waals surface area contributed by atoms with Gasteiger partial charge in [-0.2, -0.15) is 0 Å². The second kappa shape index (κ2) is 8.94. The lowest BCUT2D eigenvalue weighted by Gasteiger charge is -2.10. The zero-order valence-corrected chi connectivity index (χ0v) is 16.7. The van der Waals surface area contributed by atoms with Crippen LogP contribution in [0.1, 0.15) is 24.2 Å². The number of carbonyl (C=O) groups is 2. The number of rotatable bonds is 7. The molecule has 6 nitrogen and oxygen atoms in total. The number of para-hydroxylation sites is 1. The Morgan fingerprint density at radius 1 is 1.11 bits per heavy atom. The number of halogens is 1. The molecule has 1 heterocycles. The highest BCUT2D eigenvalue weighted by molar-refractivity contribution is 8.02. The van der Waals surface area contributed by atoms with Crippen LogP contribution in [-0.2, 0) is 4.79 Å². The van der Waals surface area contributed by atoms with Gasteiger partial charge in [0.25, 0.3) is 0 Å². The Morgan fingerprint density at radius 3 is 2.50 bits per heavy atom. The van der Waals surface area contributed by atoms with Crippen LogP contribution in [0.4, 0.5) is 20.9 Å². The van der Waals surface area contributed by atoms with Crippen LogP contribution in [-0.4, -0.2) is 27.1 Å². The number of amides is 1. The molecule has 1 amide bonds. The van der Waals surface area contributed by atoms with E-state index in [0.29, 0.717) is 26.4 Å². The molecule has 2 aromatic carbocycles. The minimum Gasteiger partial charge on any atom is -0.328 e. The summed E-state index contributed by atoms with van der Waals surface area (Å²) in [6.07, 6.45) is 0. The molecular weight excluding hydrogens is 399 g/mol. The summed E-state index contributed by atoms with van der Waals surface area (Å²) in [5.41, 5.74) is 1.51. The van der Waals surface area contributed by atoms with Crippen molar-refractivity contribution in [2.75, 3.05) is 10.6 Å². The highest BCUT2D eigenvalue weighted by Gasteiger charge is 2.18. The van der Waals surface area contributed by atoms with Crippen molar-refractivity contribution in [3.63, 3.8) is 0 Å². The minimum absolute atomic E-state index is 0.0298. The van der Waals surface area contributed by atoms with Crippen LogP contribution in [0.15, 0.2) is 52.9 Å². The number of nitrogens with one attached hydrogen (secondary N) is 2. The largest absolute Gasteiger partial charge is 0.328 e. The Morgan fingerprint density at radius 2 is 1.82 bits per heavy atom. The molecule has 1 atom stereocenters. The third-order valence-electron chi connectivity index (χ3n) is 3.73. The first-order chi connectivity index (χ1) is 13.4. The van der Waals surface area contributed by atoms with Crippen LogP contribution < -0.4 is 10.6 Å². The third-order valence-corrected chi connectivity index (χ3v) is 5.75. The van der Waals surface area contributed by atoms with Crippen molar-refractivity contribution in [3.05, 3.63) is 59.9 Å². The van der Waals surface area contributed by atoms with Gasteiger partial charge in [-0.05, 0) is 50.2 Å². The molecule has 0 bridgehead atoms. The summed E-state index contributed by atoms with van der Waals surface area (Å²) < 4.78 is 14.3. The summed E-state index contributed by atoms with van der Waals surface area (Å²) >= 11 is 2.50. The second-order valence-corrected chi connectivity index (χ2v) is 8.43. The van der Waals surface area contributed by atoms with E-state index in [2.05, 4.69) is 20.8 Å². The lowest BCUT2D eigenvalue weighted by Crippen LogP contribution is -2.22. The van der Waals surface area contributed by atoms with Crippen molar-refractivity contribution >= 4 is 51.3 Å². The molecule has 3 rings (SSSR count). The number of carbonyl (C=O) groups excluding carboxylic acids is 2. The second-order valence-electron chi connectivity index (χ2n) is 5.86. The molecule has 1 aromatic heterocycles. The maximum atomic E-state index is 13.7. The lowest BCUT2D eigenvalue weighted by atomic mass is 10.1. The van der Waals surface area contributed by atoms with E-state index in [1.165, 1.54) is 36.1 Å². The lowest BCUT2D eigenvalue weighted by molar-refractivity contribution is -0.115. The summed E-state index contributed by atoms with van der Waals surface area (Å²) in [4.78, 5) is 23.7. The number of anilines is 3. The zero-order valence-electron chi connectivity index (χ0n) is 15.1. The standard InChI is InChI=1S/C19H17FN4O2S2/c1-11(25)13-7-9-14(10-8-13)21-17(26)12(2)27-19-24-23-18(28-19)22-16-6-4-3-5-15(16)20/h3-10,12H,1-2H3,(H,21,26)(H,22,23)/t12-/m1/s1. The maximum Gasteiger partial charge on any atom is 0.237 e. The number of benzene rings is 2. The van der Waals surface area contributed by atoms with E-state index in [-0.39, 0.29) is 17.5 Å². The van der Waals surface area contributed by atoms with Gasteiger partial charge in [-0.3, -0.25) is 9.59 Å². The minimum atomic E-state index is -0.415. The average molecular weight is 417 g/mol. The smallest absolute Gasteiger partial charge is 0.237 e. The first-order valence-electron chi connectivity index (χ1n) is 8.36. The van der Waals surface area contributed by atoms with E-state index in [9.17, 15) is 14.0 Å². The van der Waals surface area contributed by atoms with Crippen LogP contribution >= 0.6 is 23.1 Å². The number of nitrogens with zero attached hydrogens (tertiary/aromatic N) is 2. The van der Waals surface area contributed by atoms with Crippen LogP contribution in [0, 0.1) is 5.82 Å². The van der Waals surface area contributed by atoms with Gasteiger partial charge in [0.2, 0.25) is 11.0 Å². The molecule has 0 saturated carbocycles. The number of thioether (sulfide) groups is 1. The van der Waals surface area contributed by atoms with E-state index in [1.807, 2.05) is 0 Å². The van der Waals surface area contributed by atoms with Gasteiger partial charge in [-0.25, -0.2) is 4.39 Å². The molecule has 28 heavy (non-hydrogen) atoms. The molecule has 2 N–H and O–H groups in total. The Bertz CT molecular complexity index is 992. The maximum absolute atomic E-state index is 13.7. The average Bonchev–Trinajstić information content (AvgIpc) is 3.11. The topological polar surface area (TPSA) is 84.0 Å². The number of ketones is 1. The molecule has 0 aliphatic rings. The third kappa shape index (κ3) is 5.14. The molecular formula is C19H17FN4O2S2. The Labute approximate surface area is 169 Å². The van der Waals surface area contributed by atoms with Crippen LogP contribution in [0.5, 0.6) is 0 Å². The molecule has 0 aliphatic heterocycles. The van der Waals surface area contributed by atoms with Crippen LogP contribution in [0.3, 0.4) is 0 Å². The summed E-state index contributed by atoms with van der Waals surface area (Å²) in [5, 5.41) is 13.7. The number of aromatic nitrogens is 2. The monoisotopic (exact) mass is 416 g/mol. The first kappa shape index (κ1) is 20.0. The van der Waals surface area contributed by atoms with Crippen molar-refractivity contribution < 1.29 is 14.0 Å². The summed E-state index contributed by atoms with van der Waals surface area (Å²) in [5.74, 6) is -0.604. The summed E-state index contributed by atoms with van der Waals surface area (Å²) in [7, 11) is 0. The van der Waals surface area contributed by atoms with Gasteiger partial charge >= 0.3 is 0 Å². The predicted molar refractivity (Wildman–Crippen MR) is 110 cm³/mol. The Kier molecular flexibility index (Phi) is 6.37. The molecule has 3 aromatic rings. The fourth-order valence-electron chi connectivity index (χ4n) is 2.22. The first-order valence-corrected chi connectivity index (χ1v) is 10.1. The number of Topliss-reactive ketones (excluding diaryl/α,β-unsaturated/α-hetero) is 1.